The second kappa shape index (κ2) is 8.83. The summed E-state index contributed by atoms with van der Waals surface area (Å²) in [5, 5.41) is 3.54. The number of aromatic nitrogens is 1. The van der Waals surface area contributed by atoms with Crippen LogP contribution in [0.5, 0.6) is 11.5 Å². The lowest BCUT2D eigenvalue weighted by Crippen LogP contribution is -2.30. The predicted molar refractivity (Wildman–Crippen MR) is 122 cm³/mol. The van der Waals surface area contributed by atoms with Crippen molar-refractivity contribution < 1.29 is 27.1 Å². The summed E-state index contributed by atoms with van der Waals surface area (Å²) >= 11 is 0. The van der Waals surface area contributed by atoms with Gasteiger partial charge in [-0.2, -0.15) is 0 Å². The van der Waals surface area contributed by atoms with Crippen LogP contribution in [0.4, 0.5) is 15.8 Å². The quantitative estimate of drug-likeness (QED) is 0.375. The summed E-state index contributed by atoms with van der Waals surface area (Å²) in [6.45, 7) is 0. The highest BCUT2D eigenvalue weighted by molar-refractivity contribution is 7.90. The lowest BCUT2D eigenvalue weighted by molar-refractivity contribution is 0.0977. The largest absolute Gasteiger partial charge is 0.497 e. The molecule has 170 valence electrons. The van der Waals surface area contributed by atoms with Gasteiger partial charge in [0.05, 0.1) is 24.6 Å². The van der Waals surface area contributed by atoms with Crippen LogP contribution in [0.25, 0.3) is 10.9 Å². The number of carbonyl (C=O) groups excluding carboxylic acids is 1. The van der Waals surface area contributed by atoms with Crippen molar-refractivity contribution in [2.24, 2.45) is 0 Å². The molecule has 0 bridgehead atoms. The van der Waals surface area contributed by atoms with E-state index in [0.717, 1.165) is 0 Å². The lowest BCUT2D eigenvalue weighted by atomic mass is 10.2. The summed E-state index contributed by atoms with van der Waals surface area (Å²) in [5.41, 5.74) is 1.17. The normalized spacial score (nSPS) is 11.2. The molecule has 0 atom stereocenters. The highest BCUT2D eigenvalue weighted by Gasteiger charge is 2.21. The summed E-state index contributed by atoms with van der Waals surface area (Å²) in [7, 11) is -1.14. The summed E-state index contributed by atoms with van der Waals surface area (Å²) in [6.07, 6.45) is 0. The van der Waals surface area contributed by atoms with E-state index in [2.05, 4.69) is 10.3 Å². The number of nitrogens with one attached hydrogen (secondary N) is 3. The number of halogens is 1. The average Bonchev–Trinajstić information content (AvgIpc) is 3.28. The van der Waals surface area contributed by atoms with E-state index >= 15 is 0 Å². The molecule has 10 heteroatoms. The fourth-order valence-corrected chi connectivity index (χ4v) is 4.23. The van der Waals surface area contributed by atoms with Gasteiger partial charge in [-0.1, -0.05) is 6.07 Å². The molecule has 0 unspecified atom stereocenters. The lowest BCUT2D eigenvalue weighted by Gasteiger charge is -2.09. The third-order valence-electron chi connectivity index (χ3n) is 4.93. The number of hydrogen-bond acceptors (Lipinski definition) is 6. The molecule has 0 fully saturated rings. The Morgan fingerprint density at radius 3 is 2.36 bits per heavy atom. The molecule has 1 amide bonds. The molecular weight excluding hydrogens is 449 g/mol. The third kappa shape index (κ3) is 4.60. The Hall–Kier alpha value is -4.05. The number of sulfonamides is 1. The highest BCUT2D eigenvalue weighted by atomic mass is 32.2. The zero-order chi connectivity index (χ0) is 23.6. The number of rotatable bonds is 7. The molecule has 0 spiro atoms. The molecule has 3 aromatic carbocycles. The van der Waals surface area contributed by atoms with Crippen LogP contribution in [-0.2, 0) is 10.0 Å². The van der Waals surface area contributed by atoms with Gasteiger partial charge in [0.1, 0.15) is 23.0 Å². The van der Waals surface area contributed by atoms with Gasteiger partial charge in [-0.25, -0.2) is 17.5 Å². The minimum absolute atomic E-state index is 0.0647. The van der Waals surface area contributed by atoms with Crippen molar-refractivity contribution in [3.8, 4) is 11.5 Å². The van der Waals surface area contributed by atoms with E-state index in [1.807, 2.05) is 4.72 Å². The Labute approximate surface area is 189 Å². The van der Waals surface area contributed by atoms with Gasteiger partial charge in [-0.15, -0.1) is 0 Å². The average molecular weight is 469 g/mol. The second-order valence-corrected chi connectivity index (χ2v) is 8.72. The fourth-order valence-electron chi connectivity index (χ4n) is 3.26. The Balaban J connectivity index is 1.63. The summed E-state index contributed by atoms with van der Waals surface area (Å²) in [6, 6.07) is 16.9. The van der Waals surface area contributed by atoms with Crippen molar-refractivity contribution in [3.05, 3.63) is 78.2 Å². The molecular formula is C23H20FN3O5S. The first kappa shape index (κ1) is 22.2. The zero-order valence-electron chi connectivity index (χ0n) is 17.7. The second-order valence-electron chi connectivity index (χ2n) is 7.03. The van der Waals surface area contributed by atoms with Crippen LogP contribution in [-0.4, -0.2) is 33.5 Å². The first-order chi connectivity index (χ1) is 15.8. The van der Waals surface area contributed by atoms with E-state index in [0.29, 0.717) is 28.3 Å². The van der Waals surface area contributed by atoms with Crippen LogP contribution in [0.1, 0.15) is 10.5 Å². The highest BCUT2D eigenvalue weighted by Crippen LogP contribution is 2.30. The summed E-state index contributed by atoms with van der Waals surface area (Å²) < 4.78 is 51.8. The van der Waals surface area contributed by atoms with E-state index in [1.165, 1.54) is 49.6 Å². The van der Waals surface area contributed by atoms with Crippen molar-refractivity contribution >= 4 is 38.2 Å². The Kier molecular flexibility index (Phi) is 5.93. The van der Waals surface area contributed by atoms with Gasteiger partial charge in [0, 0.05) is 22.8 Å². The Morgan fingerprint density at radius 2 is 1.67 bits per heavy atom. The number of aromatic amines is 1. The maximum absolute atomic E-state index is 14.4. The van der Waals surface area contributed by atoms with E-state index in [4.69, 9.17) is 9.47 Å². The molecule has 1 heterocycles. The molecule has 8 nitrogen and oxygen atoms in total. The molecule has 0 saturated carbocycles. The van der Waals surface area contributed by atoms with Gasteiger partial charge in [-0.3, -0.25) is 4.79 Å². The number of carbonyl (C=O) groups is 1. The van der Waals surface area contributed by atoms with Crippen molar-refractivity contribution in [2.75, 3.05) is 19.5 Å². The SMILES string of the molecule is COc1ccc(S(=O)(=O)NC(=O)c2cc3c(Nc4cccc(OC)c4)ccc(F)c3[nH]2)cc1. The standard InChI is InChI=1S/C23H20FN3O5S/c1-31-15-6-8-17(9-7-15)33(29,30)27-23(28)21-13-18-20(11-10-19(24)22(18)26-21)25-14-4-3-5-16(12-14)32-2/h3-13,25-26H,1-2H3,(H,27,28). The number of anilines is 2. The van der Waals surface area contributed by atoms with Crippen molar-refractivity contribution in [1.29, 1.82) is 0 Å². The summed E-state index contributed by atoms with van der Waals surface area (Å²) in [5.74, 6) is -0.398. The Morgan fingerprint density at radius 1 is 0.939 bits per heavy atom. The van der Waals surface area contributed by atoms with Crippen LogP contribution in [0.15, 0.2) is 71.6 Å². The molecule has 0 aliphatic rings. The maximum atomic E-state index is 14.4. The minimum atomic E-state index is -4.14. The molecule has 1 aromatic heterocycles. The Bertz CT molecular complexity index is 1430. The molecule has 4 rings (SSSR count). The first-order valence-corrected chi connectivity index (χ1v) is 11.2. The molecule has 0 saturated heterocycles. The number of amides is 1. The van der Waals surface area contributed by atoms with Gasteiger partial charge >= 0.3 is 0 Å². The molecule has 4 aromatic rings. The van der Waals surface area contributed by atoms with Gasteiger partial charge in [0.25, 0.3) is 15.9 Å². The van der Waals surface area contributed by atoms with Crippen molar-refractivity contribution in [3.63, 3.8) is 0 Å². The van der Waals surface area contributed by atoms with Gasteiger partial charge in [0.2, 0.25) is 0 Å². The molecule has 0 radical (unpaired) electrons. The van der Waals surface area contributed by atoms with Crippen LogP contribution >= 0.6 is 0 Å². The van der Waals surface area contributed by atoms with Crippen LogP contribution < -0.4 is 19.5 Å². The van der Waals surface area contributed by atoms with E-state index in [9.17, 15) is 17.6 Å². The molecule has 0 aliphatic carbocycles. The number of H-pyrrole nitrogens is 1. The van der Waals surface area contributed by atoms with Crippen LogP contribution in [0, 0.1) is 5.82 Å². The number of hydrogen-bond donors (Lipinski definition) is 3. The predicted octanol–water partition coefficient (Wildman–Crippen LogP) is 4.19. The fraction of sp³-hybridized carbons (Fsp3) is 0.0870. The van der Waals surface area contributed by atoms with E-state index in [1.54, 1.807) is 31.4 Å². The van der Waals surface area contributed by atoms with Crippen molar-refractivity contribution in [2.45, 2.75) is 4.90 Å². The van der Waals surface area contributed by atoms with E-state index in [-0.39, 0.29) is 16.1 Å². The molecule has 0 aliphatic heterocycles. The maximum Gasteiger partial charge on any atom is 0.281 e. The third-order valence-corrected chi connectivity index (χ3v) is 6.28. The first-order valence-electron chi connectivity index (χ1n) is 9.74. The number of ether oxygens (including phenoxy) is 2. The monoisotopic (exact) mass is 469 g/mol. The molecule has 3 N–H and O–H groups in total. The van der Waals surface area contributed by atoms with Crippen LogP contribution in [0.2, 0.25) is 0 Å². The zero-order valence-corrected chi connectivity index (χ0v) is 18.5. The van der Waals surface area contributed by atoms with E-state index < -0.39 is 21.7 Å². The van der Waals surface area contributed by atoms with Gasteiger partial charge in [0.15, 0.2) is 0 Å². The number of benzene rings is 3. The number of methoxy groups -OCH3 is 2. The van der Waals surface area contributed by atoms with Crippen LogP contribution in [0.3, 0.4) is 0 Å². The smallest absolute Gasteiger partial charge is 0.281 e. The molecule has 33 heavy (non-hydrogen) atoms. The van der Waals surface area contributed by atoms with Crippen molar-refractivity contribution in [1.82, 2.24) is 9.71 Å². The van der Waals surface area contributed by atoms with Gasteiger partial charge < -0.3 is 19.8 Å². The summed E-state index contributed by atoms with van der Waals surface area (Å²) in [4.78, 5) is 15.2. The minimum Gasteiger partial charge on any atom is -0.497 e. The van der Waals surface area contributed by atoms with Gasteiger partial charge in [-0.05, 0) is 54.6 Å². The topological polar surface area (TPSA) is 110 Å². The number of fused-ring (bicyclic) bond motifs is 1.